The van der Waals surface area contributed by atoms with E-state index in [2.05, 4.69) is 131 Å². The van der Waals surface area contributed by atoms with E-state index in [-0.39, 0.29) is 61.4 Å². The summed E-state index contributed by atoms with van der Waals surface area (Å²) in [5.41, 5.74) is -10.8. The van der Waals surface area contributed by atoms with Gasteiger partial charge in [0.1, 0.15) is 37.1 Å². The van der Waals surface area contributed by atoms with E-state index >= 15 is 0 Å². The van der Waals surface area contributed by atoms with E-state index in [0.717, 1.165) is 0 Å². The van der Waals surface area contributed by atoms with Gasteiger partial charge in [-0.3, -0.25) is 9.97 Å². The van der Waals surface area contributed by atoms with E-state index in [1.165, 1.54) is 76.2 Å². The van der Waals surface area contributed by atoms with Crippen LogP contribution in [0.5, 0.6) is 0 Å². The second kappa shape index (κ2) is 34.9. The Morgan fingerprint density at radius 3 is 0.809 bits per heavy atom. The molecule has 6 rings (SSSR count). The largest absolute Gasteiger partial charge is 1.00 e. The number of rotatable bonds is 8. The first-order valence-electron chi connectivity index (χ1n) is 17.4. The zero-order valence-corrected chi connectivity index (χ0v) is 44.1. The third-order valence-electron chi connectivity index (χ3n) is 7.26. The summed E-state index contributed by atoms with van der Waals surface area (Å²) in [6.07, 6.45) is 5.79. The number of benzene rings is 4. The molecular weight excluding hydrogens is 1420 g/mol. The fraction of sp³-hybridized carbons (Fsp3) is 0.100. The van der Waals surface area contributed by atoms with Crippen molar-refractivity contribution in [3.8, 4) is 0 Å². The summed E-state index contributed by atoms with van der Waals surface area (Å²) in [7, 11) is -13.9. The molecule has 13 nitrogen and oxygen atoms in total. The average molecular weight is 1460 g/mol. The Bertz CT molecular complexity index is 2260. The third kappa shape index (κ3) is 29.0. The first kappa shape index (κ1) is 69.0. The number of hydrogen-bond donors (Lipinski definition) is 2. The number of pyridine rings is 2. The maximum absolute atomic E-state index is 10.7. The minimum absolute atomic E-state index is 0. The number of carboxylic acid groups (broad SMARTS) is 2. The predicted octanol–water partition coefficient (Wildman–Crippen LogP) is 7.49. The van der Waals surface area contributed by atoms with Crippen LogP contribution in [0, 0.1) is 0 Å². The molecule has 378 valence electrons. The number of aromatic nitrogens is 2. The topological polar surface area (TPSA) is 246 Å². The molecule has 0 radical (unpaired) electrons. The number of aromatic carboxylic acids is 2. The van der Waals surface area contributed by atoms with Gasteiger partial charge < -0.3 is 24.8 Å². The van der Waals surface area contributed by atoms with E-state index in [4.69, 9.17) is 71.0 Å². The number of halogens is 9. The van der Waals surface area contributed by atoms with Crippen LogP contribution in [0.2, 0.25) is 0 Å². The Balaban J connectivity index is -0.000000856. The molecule has 0 saturated heterocycles. The van der Waals surface area contributed by atoms with Crippen molar-refractivity contribution >= 4 is 104 Å². The van der Waals surface area contributed by atoms with Crippen LogP contribution < -0.4 is 21.2 Å². The molecule has 0 unspecified atom stereocenters. The van der Waals surface area contributed by atoms with Crippen LogP contribution in [0.4, 0.5) is 26.3 Å². The second-order valence-electron chi connectivity index (χ2n) is 11.7. The molecule has 0 aliphatic carbocycles. The Morgan fingerprint density at radius 2 is 0.676 bits per heavy atom. The molecule has 0 bridgehead atoms. The predicted molar refractivity (Wildman–Crippen MR) is 245 cm³/mol. The van der Waals surface area contributed by atoms with Crippen LogP contribution in [-0.4, -0.2) is 84.8 Å². The van der Waals surface area contributed by atoms with E-state index in [1.54, 1.807) is 0 Å². The van der Waals surface area contributed by atoms with E-state index < -0.39 is 63.3 Å². The van der Waals surface area contributed by atoms with Gasteiger partial charge in [-0.2, -0.15) is 26.3 Å². The summed E-state index contributed by atoms with van der Waals surface area (Å²) in [5, 5.41) is 22.7. The fourth-order valence-electron chi connectivity index (χ4n) is 4.46. The van der Waals surface area contributed by atoms with Crippen LogP contribution in [0.25, 0.3) is 0 Å². The van der Waals surface area contributed by atoms with Crippen molar-refractivity contribution in [2.24, 2.45) is 0 Å². The molecule has 6 aromatic rings. The van der Waals surface area contributed by atoms with Gasteiger partial charge in [0.15, 0.2) is 30.4 Å². The number of nitrogens with zero attached hydrogens (tertiary/aromatic N) is 2. The summed E-state index contributed by atoms with van der Waals surface area (Å²) < 4.78 is 117. The number of alkyl halides is 9. The molecule has 4 N–H and O–H groups in total. The number of hydrogen-bond acceptors (Lipinski definition) is 10. The van der Waals surface area contributed by atoms with E-state index in [0.29, 0.717) is 0 Å². The molecule has 68 heavy (non-hydrogen) atoms. The first-order valence-corrected chi connectivity index (χ1v) is 25.0. The van der Waals surface area contributed by atoms with Gasteiger partial charge >= 0.3 is 67.7 Å². The van der Waals surface area contributed by atoms with Gasteiger partial charge in [-0.1, -0.05) is 108 Å². The maximum Gasteiger partial charge on any atom is 1.00 e. The van der Waals surface area contributed by atoms with Gasteiger partial charge in [-0.25, -0.2) is 26.4 Å². The summed E-state index contributed by atoms with van der Waals surface area (Å²) in [6, 6.07) is 50.2. The Morgan fingerprint density at radius 1 is 0.500 bits per heavy atom. The van der Waals surface area contributed by atoms with Crippen molar-refractivity contribution in [3.63, 3.8) is 0 Å². The van der Waals surface area contributed by atoms with Crippen molar-refractivity contribution in [2.45, 2.75) is 15.3 Å². The Kier molecular flexibility index (Phi) is 35.4. The quantitative estimate of drug-likeness (QED) is 0.0376. The molecule has 2 aromatic heterocycles. The molecular formula is C40H37Au2Cl3F6N2O11P2S2+2. The Labute approximate surface area is 435 Å². The van der Waals surface area contributed by atoms with Gasteiger partial charge in [-0.05, 0) is 72.8 Å². The standard InChI is InChI=1S/C25H22P2.2C6H5NO2.CHCl3.2CHF3O3S.2Au.H2O/c1-5-13-22(14-6-1)26(23-15-7-2-8-16-23)21-27(24-17-9-3-10-18-24)25-19-11-4-12-20-25;2*8-6(9)5-1-3-7-4-2-5;2-1(3)4;2*2-1(3,4)8(5,6)7;;;/h1-20H,21H2;2*1-4H,(H,8,9);1H;2*(H,5,6,7);;;1H2/q;;;;;;2*+1;. The SMILES string of the molecule is ClC(Cl)Cl.O.O=C(O)c1ccncc1.O=C(O)c1ccncc1.O=S(=O)([O-])C(F)(F)F.O=S(=O)([O-])C(F)(F)F.[Au+].[Au+].c1ccc([PH+](C[PH+](c2ccccc2)c2ccccc2)c2ccccc2)cc1. The van der Waals surface area contributed by atoms with Gasteiger partial charge in [0.05, 0.1) is 11.1 Å². The molecule has 2 heterocycles. The zero-order chi connectivity index (χ0) is 49.3. The number of carboxylic acids is 2. The van der Waals surface area contributed by atoms with Gasteiger partial charge in [0.25, 0.3) is 0 Å². The molecule has 0 amide bonds. The van der Waals surface area contributed by atoms with E-state index in [1.807, 2.05) is 0 Å². The second-order valence-corrected chi connectivity index (χ2v) is 22.1. The molecule has 0 atom stereocenters. The third-order valence-corrected chi connectivity index (χ3v) is 15.3. The van der Waals surface area contributed by atoms with Crippen LogP contribution in [0.15, 0.2) is 170 Å². The van der Waals surface area contributed by atoms with E-state index in [9.17, 15) is 35.9 Å². The Hall–Kier alpha value is -3.31. The molecule has 4 aromatic carbocycles. The van der Waals surface area contributed by atoms with Crippen LogP contribution in [-0.2, 0) is 65.0 Å². The van der Waals surface area contributed by atoms with Crippen molar-refractivity contribution in [2.75, 3.05) is 5.90 Å². The van der Waals surface area contributed by atoms with Crippen LogP contribution >= 0.6 is 50.6 Å². The molecule has 0 aliphatic heterocycles. The smallest absolute Gasteiger partial charge is 0.741 e. The normalized spacial score (nSPS) is 10.6. The zero-order valence-electron chi connectivity index (χ0n) is 33.8. The fourth-order valence-corrected chi connectivity index (χ4v) is 12.2. The van der Waals surface area contributed by atoms with Gasteiger partial charge in [0, 0.05) is 24.8 Å². The molecule has 28 heteroatoms. The summed E-state index contributed by atoms with van der Waals surface area (Å²) >= 11 is 14.4. The van der Waals surface area contributed by atoms with Crippen molar-refractivity contribution in [1.29, 1.82) is 0 Å². The minimum Gasteiger partial charge on any atom is -0.741 e. The molecule has 0 saturated carbocycles. The molecule has 0 fully saturated rings. The first-order chi connectivity index (χ1) is 30.3. The van der Waals surface area contributed by atoms with Crippen molar-refractivity contribution in [1.82, 2.24) is 9.97 Å². The minimum atomic E-state index is -6.09. The van der Waals surface area contributed by atoms with Gasteiger partial charge in [0.2, 0.25) is 0 Å². The van der Waals surface area contributed by atoms with Crippen molar-refractivity contribution < 1.29 is 122 Å². The summed E-state index contributed by atoms with van der Waals surface area (Å²) in [5.74, 6) is -0.591. The summed E-state index contributed by atoms with van der Waals surface area (Å²) in [4.78, 5) is 27.7. The average Bonchev–Trinajstić information content (AvgIpc) is 3.25. The molecule has 0 aliphatic rings. The summed E-state index contributed by atoms with van der Waals surface area (Å²) in [6.45, 7) is 0. The van der Waals surface area contributed by atoms with Crippen molar-refractivity contribution in [3.05, 3.63) is 182 Å². The monoisotopic (exact) mass is 1460 g/mol. The number of carbonyl (C=O) groups is 2. The van der Waals surface area contributed by atoms with Crippen LogP contribution in [0.3, 0.4) is 0 Å². The molecule has 0 spiro atoms. The maximum atomic E-state index is 10.7. The van der Waals surface area contributed by atoms with Crippen LogP contribution in [0.1, 0.15) is 20.7 Å². The van der Waals surface area contributed by atoms with Gasteiger partial charge in [-0.15, -0.1) is 0 Å².